The lowest BCUT2D eigenvalue weighted by molar-refractivity contribution is 0.203. The lowest BCUT2D eigenvalue weighted by Crippen LogP contribution is -2.38. The molecule has 104 valence electrons. The van der Waals surface area contributed by atoms with Crippen molar-refractivity contribution in [3.8, 4) is 5.75 Å². The summed E-state index contributed by atoms with van der Waals surface area (Å²) in [6, 6.07) is 17.8. The van der Waals surface area contributed by atoms with E-state index in [0.717, 1.165) is 0 Å². The fraction of sp³-hybridized carbons (Fsp3) is 0. The van der Waals surface area contributed by atoms with E-state index in [-0.39, 0.29) is 0 Å². The van der Waals surface area contributed by atoms with E-state index < -0.39 is 6.09 Å². The fourth-order valence-electron chi connectivity index (χ4n) is 1.76. The Bertz CT molecular complexity index is 701. The van der Waals surface area contributed by atoms with Gasteiger partial charge in [-0.1, -0.05) is 36.4 Å². The van der Waals surface area contributed by atoms with Crippen molar-refractivity contribution in [1.82, 2.24) is 20.3 Å². The Kier molecular flexibility index (Phi) is 3.55. The Morgan fingerprint density at radius 1 is 1.00 bits per heavy atom. The van der Waals surface area contributed by atoms with Crippen LogP contribution in [0.1, 0.15) is 0 Å². The lowest BCUT2D eigenvalue weighted by Gasteiger charge is -2.20. The molecule has 0 saturated carbocycles. The predicted octanol–water partition coefficient (Wildman–Crippen LogP) is 2.14. The minimum Gasteiger partial charge on any atom is -0.409 e. The lowest BCUT2D eigenvalue weighted by atomic mass is 10.3. The summed E-state index contributed by atoms with van der Waals surface area (Å²) in [5.74, 6) is 0.441. The first-order valence-corrected chi connectivity index (χ1v) is 6.20. The summed E-state index contributed by atoms with van der Waals surface area (Å²) < 4.78 is 5.33. The van der Waals surface area contributed by atoms with Crippen molar-refractivity contribution in [2.24, 2.45) is 0 Å². The molecule has 0 bridgehead atoms. The number of carbonyl (C=O) groups is 1. The summed E-state index contributed by atoms with van der Waals surface area (Å²) in [5.41, 5.74) is 0.589. The second-order valence-electron chi connectivity index (χ2n) is 4.06. The van der Waals surface area contributed by atoms with Gasteiger partial charge in [0.05, 0.1) is 5.69 Å². The third-order valence-electron chi connectivity index (χ3n) is 2.67. The van der Waals surface area contributed by atoms with Gasteiger partial charge in [0.25, 0.3) is 0 Å². The van der Waals surface area contributed by atoms with Crippen LogP contribution in [-0.2, 0) is 0 Å². The molecule has 1 amide bonds. The summed E-state index contributed by atoms with van der Waals surface area (Å²) in [4.78, 5) is 13.6. The molecule has 7 heteroatoms. The zero-order chi connectivity index (χ0) is 14.5. The first kappa shape index (κ1) is 12.8. The molecular formula is C14H11N5O2. The van der Waals surface area contributed by atoms with E-state index in [1.165, 1.54) is 16.1 Å². The van der Waals surface area contributed by atoms with Crippen molar-refractivity contribution in [2.45, 2.75) is 0 Å². The molecule has 0 aliphatic carbocycles. The zero-order valence-electron chi connectivity index (χ0n) is 10.9. The molecule has 0 atom stereocenters. The summed E-state index contributed by atoms with van der Waals surface area (Å²) in [5, 5.41) is 12.0. The number of anilines is 1. The molecule has 0 aliphatic heterocycles. The van der Waals surface area contributed by atoms with Crippen molar-refractivity contribution >= 4 is 11.8 Å². The van der Waals surface area contributed by atoms with Crippen molar-refractivity contribution < 1.29 is 9.53 Å². The van der Waals surface area contributed by atoms with Gasteiger partial charge in [0.1, 0.15) is 5.75 Å². The van der Waals surface area contributed by atoms with E-state index in [1.807, 2.05) is 24.3 Å². The fourth-order valence-corrected chi connectivity index (χ4v) is 1.76. The molecule has 0 radical (unpaired) electrons. The number of rotatable bonds is 3. The average molecular weight is 281 g/mol. The van der Waals surface area contributed by atoms with E-state index >= 15 is 0 Å². The second kappa shape index (κ2) is 5.83. The van der Waals surface area contributed by atoms with Crippen LogP contribution in [0.25, 0.3) is 0 Å². The van der Waals surface area contributed by atoms with Gasteiger partial charge in [-0.3, -0.25) is 0 Å². The van der Waals surface area contributed by atoms with E-state index in [2.05, 4.69) is 15.5 Å². The highest BCUT2D eigenvalue weighted by Gasteiger charge is 2.21. The minimum absolute atomic E-state index is 0.441. The van der Waals surface area contributed by atoms with Gasteiger partial charge in [-0.2, -0.15) is 5.01 Å². The second-order valence-corrected chi connectivity index (χ2v) is 4.06. The third kappa shape index (κ3) is 2.86. The van der Waals surface area contributed by atoms with E-state index in [9.17, 15) is 4.79 Å². The minimum atomic E-state index is -0.611. The van der Waals surface area contributed by atoms with Crippen LogP contribution in [-0.4, -0.2) is 26.4 Å². The van der Waals surface area contributed by atoms with E-state index in [1.54, 1.807) is 36.4 Å². The maximum absolute atomic E-state index is 12.4. The monoisotopic (exact) mass is 281 g/mol. The molecule has 0 saturated heterocycles. The molecule has 3 rings (SSSR count). The summed E-state index contributed by atoms with van der Waals surface area (Å²) in [6.07, 6.45) is 0.707. The molecule has 7 nitrogen and oxygen atoms in total. The highest BCUT2D eigenvalue weighted by molar-refractivity contribution is 5.88. The number of carbonyl (C=O) groups excluding carboxylic acids is 1. The smallest absolute Gasteiger partial charge is 0.409 e. The van der Waals surface area contributed by atoms with Crippen molar-refractivity contribution in [3.63, 3.8) is 0 Å². The van der Waals surface area contributed by atoms with Crippen LogP contribution < -0.4 is 9.75 Å². The number of amides is 1. The van der Waals surface area contributed by atoms with Crippen LogP contribution in [0.15, 0.2) is 67.0 Å². The summed E-state index contributed by atoms with van der Waals surface area (Å²) in [6.45, 7) is 0. The maximum atomic E-state index is 12.4. The van der Waals surface area contributed by atoms with Crippen LogP contribution in [0.2, 0.25) is 0 Å². The first-order valence-electron chi connectivity index (χ1n) is 6.20. The molecule has 3 aromatic rings. The standard InChI is InChI=1S/C14H11N5O2/c20-14(21-13-9-5-2-6-10-13)19(18-11-15-16-17-18)12-7-3-1-4-8-12/h1-11H. The van der Waals surface area contributed by atoms with Gasteiger partial charge < -0.3 is 4.74 Å². The SMILES string of the molecule is O=C(Oc1ccccc1)N(c1ccccc1)n1cnnn1. The summed E-state index contributed by atoms with van der Waals surface area (Å²) >= 11 is 0. The highest BCUT2D eigenvalue weighted by atomic mass is 16.6. The number of para-hydroxylation sites is 2. The molecule has 2 aromatic carbocycles. The molecule has 0 N–H and O–H groups in total. The van der Waals surface area contributed by atoms with Crippen molar-refractivity contribution in [1.29, 1.82) is 0 Å². The topological polar surface area (TPSA) is 73.1 Å². The van der Waals surface area contributed by atoms with Gasteiger partial charge >= 0.3 is 6.09 Å². The van der Waals surface area contributed by atoms with E-state index in [0.29, 0.717) is 11.4 Å². The van der Waals surface area contributed by atoms with Gasteiger partial charge in [0.2, 0.25) is 0 Å². The van der Waals surface area contributed by atoms with Crippen LogP contribution in [0.5, 0.6) is 5.75 Å². The maximum Gasteiger partial charge on any atom is 0.440 e. The molecule has 0 unspecified atom stereocenters. The summed E-state index contributed by atoms with van der Waals surface area (Å²) in [7, 11) is 0. The van der Waals surface area contributed by atoms with Gasteiger partial charge in [-0.15, -0.1) is 9.89 Å². The molecule has 0 aliphatic rings. The van der Waals surface area contributed by atoms with Crippen LogP contribution in [0, 0.1) is 0 Å². The van der Waals surface area contributed by atoms with Gasteiger partial charge in [0.15, 0.2) is 6.33 Å². The number of nitrogens with zero attached hydrogens (tertiary/aromatic N) is 5. The van der Waals surface area contributed by atoms with Gasteiger partial charge in [-0.05, 0) is 34.7 Å². The first-order chi connectivity index (χ1) is 10.3. The largest absolute Gasteiger partial charge is 0.440 e. The van der Waals surface area contributed by atoms with Crippen LogP contribution in [0.4, 0.5) is 10.5 Å². The third-order valence-corrected chi connectivity index (χ3v) is 2.67. The number of tetrazole rings is 1. The Morgan fingerprint density at radius 3 is 2.29 bits per heavy atom. The van der Waals surface area contributed by atoms with Crippen molar-refractivity contribution in [2.75, 3.05) is 5.01 Å². The average Bonchev–Trinajstić information content (AvgIpc) is 3.03. The highest BCUT2D eigenvalue weighted by Crippen LogP contribution is 2.17. The van der Waals surface area contributed by atoms with Crippen LogP contribution >= 0.6 is 0 Å². The quantitative estimate of drug-likeness (QED) is 0.735. The zero-order valence-corrected chi connectivity index (χ0v) is 10.9. The van der Waals surface area contributed by atoms with E-state index in [4.69, 9.17) is 4.74 Å². The number of hydrogen-bond donors (Lipinski definition) is 0. The normalized spacial score (nSPS) is 10.1. The van der Waals surface area contributed by atoms with Crippen LogP contribution in [0.3, 0.4) is 0 Å². The number of hydrogen-bond acceptors (Lipinski definition) is 5. The molecule has 0 fully saturated rings. The molecule has 0 spiro atoms. The molecule has 1 aromatic heterocycles. The van der Waals surface area contributed by atoms with Gasteiger partial charge in [-0.25, -0.2) is 4.79 Å². The Hall–Kier alpha value is -3.22. The van der Waals surface area contributed by atoms with Gasteiger partial charge in [0, 0.05) is 0 Å². The predicted molar refractivity (Wildman–Crippen MR) is 74.6 cm³/mol. The molecule has 1 heterocycles. The Balaban J connectivity index is 1.91. The number of ether oxygens (including phenoxy) is 1. The Labute approximate surface area is 120 Å². The van der Waals surface area contributed by atoms with Crippen molar-refractivity contribution in [3.05, 3.63) is 67.0 Å². The molecule has 21 heavy (non-hydrogen) atoms. The number of benzene rings is 2. The molecular weight excluding hydrogens is 270 g/mol. The number of aromatic nitrogens is 4. The Morgan fingerprint density at radius 2 is 1.67 bits per heavy atom.